The molecule has 0 radical (unpaired) electrons. The van der Waals surface area contributed by atoms with E-state index in [-0.39, 0.29) is 12.1 Å². The highest BCUT2D eigenvalue weighted by Gasteiger charge is 2.24. The highest BCUT2D eigenvalue weighted by atomic mass is 32.1. The van der Waals surface area contributed by atoms with Crippen LogP contribution in [0.2, 0.25) is 0 Å². The van der Waals surface area contributed by atoms with Crippen LogP contribution in [0.15, 0.2) is 44.6 Å². The van der Waals surface area contributed by atoms with Gasteiger partial charge >= 0.3 is 6.09 Å². The van der Waals surface area contributed by atoms with E-state index < -0.39 is 0 Å². The molecule has 1 aliphatic rings. The van der Waals surface area contributed by atoms with Gasteiger partial charge in [-0.1, -0.05) is 0 Å². The number of guanidine groups is 1. The van der Waals surface area contributed by atoms with Crippen LogP contribution >= 0.6 is 11.3 Å². The lowest BCUT2D eigenvalue weighted by atomic mass is 10.1. The van der Waals surface area contributed by atoms with Crippen LogP contribution in [0.25, 0.3) is 0 Å². The van der Waals surface area contributed by atoms with E-state index in [0.717, 1.165) is 37.5 Å². The molecule has 0 unspecified atom stereocenters. The fourth-order valence-corrected chi connectivity index (χ4v) is 3.74. The minimum atomic E-state index is -0.219. The van der Waals surface area contributed by atoms with E-state index in [2.05, 4.69) is 27.5 Å². The number of hydrogen-bond acceptors (Lipinski definition) is 5. The van der Waals surface area contributed by atoms with Crippen LogP contribution in [-0.4, -0.2) is 49.2 Å². The summed E-state index contributed by atoms with van der Waals surface area (Å²) in [7, 11) is 0. The lowest BCUT2D eigenvalue weighted by Crippen LogP contribution is -2.50. The lowest BCUT2D eigenvalue weighted by molar-refractivity contribution is 0.0963. The summed E-state index contributed by atoms with van der Waals surface area (Å²) >= 11 is 1.68. The van der Waals surface area contributed by atoms with Crippen molar-refractivity contribution in [2.45, 2.75) is 38.8 Å². The number of rotatable bonds is 7. The van der Waals surface area contributed by atoms with Crippen molar-refractivity contribution < 1.29 is 13.9 Å². The minimum absolute atomic E-state index is 0.219. The normalized spacial score (nSPS) is 15.5. The van der Waals surface area contributed by atoms with E-state index >= 15 is 0 Å². The second kappa shape index (κ2) is 10.8. The van der Waals surface area contributed by atoms with Gasteiger partial charge in [0, 0.05) is 32.1 Å². The zero-order valence-corrected chi connectivity index (χ0v) is 17.0. The Hall–Kier alpha value is -2.48. The second-order valence-corrected chi connectivity index (χ2v) is 7.44. The predicted molar refractivity (Wildman–Crippen MR) is 111 cm³/mol. The number of furan rings is 1. The number of carbonyl (C=O) groups is 1. The number of carbonyl (C=O) groups excluding carboxylic acids is 1. The molecule has 0 aliphatic carbocycles. The van der Waals surface area contributed by atoms with Crippen molar-refractivity contribution in [3.8, 4) is 0 Å². The third-order valence-electron chi connectivity index (χ3n) is 4.61. The summed E-state index contributed by atoms with van der Waals surface area (Å²) in [6.07, 6.45) is 4.01. The predicted octanol–water partition coefficient (Wildman–Crippen LogP) is 3.24. The summed E-state index contributed by atoms with van der Waals surface area (Å²) in [6.45, 7) is 5.01. The van der Waals surface area contributed by atoms with Gasteiger partial charge in [-0.2, -0.15) is 11.3 Å². The molecular weight excluding hydrogens is 376 g/mol. The van der Waals surface area contributed by atoms with Gasteiger partial charge in [0.1, 0.15) is 5.76 Å². The Labute approximate surface area is 169 Å². The number of thiophene rings is 1. The van der Waals surface area contributed by atoms with E-state index in [4.69, 9.17) is 14.1 Å². The Kier molecular flexibility index (Phi) is 7.78. The van der Waals surface area contributed by atoms with Crippen molar-refractivity contribution in [3.63, 3.8) is 0 Å². The van der Waals surface area contributed by atoms with Gasteiger partial charge in [0.25, 0.3) is 0 Å². The van der Waals surface area contributed by atoms with E-state index in [9.17, 15) is 4.79 Å². The Balaban J connectivity index is 1.51. The lowest BCUT2D eigenvalue weighted by Gasteiger charge is -2.32. The maximum atomic E-state index is 11.9. The molecule has 1 fully saturated rings. The van der Waals surface area contributed by atoms with E-state index in [1.807, 2.05) is 19.1 Å². The Morgan fingerprint density at radius 2 is 2.25 bits per heavy atom. The average Bonchev–Trinajstić information content (AvgIpc) is 3.41. The van der Waals surface area contributed by atoms with Crippen molar-refractivity contribution in [2.75, 3.05) is 26.2 Å². The molecule has 7 nitrogen and oxygen atoms in total. The molecule has 0 bridgehead atoms. The van der Waals surface area contributed by atoms with Gasteiger partial charge in [-0.05, 0) is 54.3 Å². The summed E-state index contributed by atoms with van der Waals surface area (Å²) < 4.78 is 10.5. The van der Waals surface area contributed by atoms with Crippen molar-refractivity contribution in [2.24, 2.45) is 4.99 Å². The molecule has 8 heteroatoms. The molecule has 1 saturated heterocycles. The number of nitrogens with one attached hydrogen (secondary N) is 2. The van der Waals surface area contributed by atoms with Gasteiger partial charge in [0.15, 0.2) is 5.96 Å². The maximum absolute atomic E-state index is 11.9. The molecule has 28 heavy (non-hydrogen) atoms. The number of likely N-dealkylation sites (tertiary alicyclic amines) is 1. The summed E-state index contributed by atoms with van der Waals surface area (Å²) in [5.41, 5.74) is 1.20. The number of aliphatic imine (C=N–C) groups is 1. The molecular formula is C20H28N4O3S. The molecule has 3 rings (SSSR count). The molecule has 2 aromatic rings. The molecule has 0 atom stereocenters. The smallest absolute Gasteiger partial charge is 0.409 e. The van der Waals surface area contributed by atoms with Gasteiger partial charge in [-0.25, -0.2) is 9.79 Å². The zero-order valence-electron chi connectivity index (χ0n) is 16.2. The molecule has 152 valence electrons. The zero-order chi connectivity index (χ0) is 19.6. The van der Waals surface area contributed by atoms with Crippen molar-refractivity contribution in [3.05, 3.63) is 46.5 Å². The van der Waals surface area contributed by atoms with E-state index in [1.165, 1.54) is 5.56 Å². The maximum Gasteiger partial charge on any atom is 0.409 e. The van der Waals surface area contributed by atoms with Crippen molar-refractivity contribution in [1.82, 2.24) is 15.5 Å². The van der Waals surface area contributed by atoms with Gasteiger partial charge in [-0.3, -0.25) is 0 Å². The molecule has 3 heterocycles. The SMILES string of the molecule is CCOC(=O)N1CCC(NC(=NCc2ccsc2)NCCc2ccco2)CC1. The summed E-state index contributed by atoms with van der Waals surface area (Å²) in [5, 5.41) is 11.1. The number of amides is 1. The fraction of sp³-hybridized carbons (Fsp3) is 0.500. The topological polar surface area (TPSA) is 79.1 Å². The van der Waals surface area contributed by atoms with Gasteiger partial charge in [-0.15, -0.1) is 0 Å². The first-order valence-corrected chi connectivity index (χ1v) is 10.7. The van der Waals surface area contributed by atoms with Crippen LogP contribution in [0, 0.1) is 0 Å². The van der Waals surface area contributed by atoms with Gasteiger partial charge in [0.05, 0.1) is 19.4 Å². The second-order valence-electron chi connectivity index (χ2n) is 6.66. The largest absolute Gasteiger partial charge is 0.469 e. The Morgan fingerprint density at radius 3 is 2.93 bits per heavy atom. The van der Waals surface area contributed by atoms with Crippen LogP contribution in [0.3, 0.4) is 0 Å². The average molecular weight is 405 g/mol. The highest BCUT2D eigenvalue weighted by Crippen LogP contribution is 2.12. The number of piperidine rings is 1. The van der Waals surface area contributed by atoms with Crippen molar-refractivity contribution >= 4 is 23.4 Å². The Morgan fingerprint density at radius 1 is 1.39 bits per heavy atom. The monoisotopic (exact) mass is 404 g/mol. The molecule has 1 aliphatic heterocycles. The molecule has 2 N–H and O–H groups in total. The first kappa shape index (κ1) is 20.3. The number of ether oxygens (including phenoxy) is 1. The van der Waals surface area contributed by atoms with Crippen molar-refractivity contribution in [1.29, 1.82) is 0 Å². The summed E-state index contributed by atoms with van der Waals surface area (Å²) in [6, 6.07) is 6.24. The third-order valence-corrected chi connectivity index (χ3v) is 5.34. The van der Waals surface area contributed by atoms with Crippen LogP contribution in [-0.2, 0) is 17.7 Å². The van der Waals surface area contributed by atoms with E-state index in [0.29, 0.717) is 26.2 Å². The fourth-order valence-electron chi connectivity index (χ4n) is 3.08. The minimum Gasteiger partial charge on any atom is -0.469 e. The van der Waals surface area contributed by atoms with Crippen LogP contribution in [0.1, 0.15) is 31.1 Å². The number of nitrogens with zero attached hydrogens (tertiary/aromatic N) is 2. The molecule has 1 amide bonds. The van der Waals surface area contributed by atoms with Gasteiger partial charge < -0.3 is 24.7 Å². The Bertz CT molecular complexity index is 723. The third kappa shape index (κ3) is 6.30. The number of hydrogen-bond donors (Lipinski definition) is 2. The van der Waals surface area contributed by atoms with Crippen LogP contribution in [0.5, 0.6) is 0 Å². The molecule has 0 spiro atoms. The molecule has 0 saturated carbocycles. The van der Waals surface area contributed by atoms with Crippen LogP contribution < -0.4 is 10.6 Å². The quantitative estimate of drug-likeness (QED) is 0.547. The molecule has 2 aromatic heterocycles. The molecule has 0 aromatic carbocycles. The highest BCUT2D eigenvalue weighted by molar-refractivity contribution is 7.07. The standard InChI is InChI=1S/C20H28N4O3S/c1-2-26-20(25)24-10-6-17(7-11-24)23-19(22-14-16-8-13-28-15-16)21-9-5-18-4-3-12-27-18/h3-4,8,12-13,15,17H,2,5-7,9-11,14H2,1H3,(H2,21,22,23). The summed E-state index contributed by atoms with van der Waals surface area (Å²) in [5.74, 6) is 1.75. The van der Waals surface area contributed by atoms with E-state index in [1.54, 1.807) is 22.5 Å². The first-order chi connectivity index (χ1) is 13.7. The van der Waals surface area contributed by atoms with Crippen LogP contribution in [0.4, 0.5) is 4.79 Å². The summed E-state index contributed by atoms with van der Waals surface area (Å²) in [4.78, 5) is 18.4. The first-order valence-electron chi connectivity index (χ1n) is 9.74. The van der Waals surface area contributed by atoms with Gasteiger partial charge in [0.2, 0.25) is 0 Å².